The molecule has 0 spiro atoms. The van der Waals surface area contributed by atoms with E-state index in [1.54, 1.807) is 42.1 Å². The zero-order valence-corrected chi connectivity index (χ0v) is 17.7. The zero-order chi connectivity index (χ0) is 20.4. The maximum atomic E-state index is 13.3. The van der Waals surface area contributed by atoms with Crippen LogP contribution in [0.25, 0.3) is 11.0 Å². The van der Waals surface area contributed by atoms with Gasteiger partial charge in [0.05, 0.1) is 22.0 Å². The first kappa shape index (κ1) is 19.9. The molecule has 0 saturated heterocycles. The van der Waals surface area contributed by atoms with Crippen LogP contribution >= 0.6 is 11.8 Å². The highest BCUT2D eigenvalue weighted by atomic mass is 32.2. The third kappa shape index (κ3) is 4.00. The smallest absolute Gasteiger partial charge is 0.200 e. The van der Waals surface area contributed by atoms with Gasteiger partial charge in [0.25, 0.3) is 0 Å². The molecule has 7 heteroatoms. The molecule has 5 nitrogen and oxygen atoms in total. The highest BCUT2D eigenvalue weighted by Crippen LogP contribution is 2.39. The average molecular weight is 424 g/mol. The van der Waals surface area contributed by atoms with E-state index >= 15 is 0 Å². The Balaban J connectivity index is 1.84. The number of rotatable bonds is 5. The number of nitrogens with zero attached hydrogens (tertiary/aromatic N) is 3. The van der Waals surface area contributed by atoms with Crippen molar-refractivity contribution < 1.29 is 8.42 Å². The van der Waals surface area contributed by atoms with E-state index < -0.39 is 15.1 Å². The molecular formula is C22H21N3O2S2. The van der Waals surface area contributed by atoms with Gasteiger partial charge in [0.15, 0.2) is 15.1 Å². The SMILES string of the molecule is Cc1ccc(S(=O)(=O)[C@H](C#N)c2nc3ccccc3nc2SC2CCCC2)cc1. The van der Waals surface area contributed by atoms with Gasteiger partial charge in [-0.3, -0.25) is 0 Å². The third-order valence-corrected chi connectivity index (χ3v) is 8.38. The lowest BCUT2D eigenvalue weighted by molar-refractivity contribution is 0.589. The van der Waals surface area contributed by atoms with Crippen LogP contribution < -0.4 is 0 Å². The lowest BCUT2D eigenvalue weighted by Gasteiger charge is -2.17. The van der Waals surface area contributed by atoms with Gasteiger partial charge in [0.2, 0.25) is 0 Å². The van der Waals surface area contributed by atoms with Crippen molar-refractivity contribution in [3.05, 3.63) is 59.8 Å². The summed E-state index contributed by atoms with van der Waals surface area (Å²) in [6.07, 6.45) is 4.47. The van der Waals surface area contributed by atoms with Crippen LogP contribution in [0, 0.1) is 18.3 Å². The molecule has 0 N–H and O–H groups in total. The van der Waals surface area contributed by atoms with E-state index in [-0.39, 0.29) is 10.6 Å². The third-order valence-electron chi connectivity index (χ3n) is 5.17. The van der Waals surface area contributed by atoms with E-state index in [2.05, 4.69) is 4.98 Å². The van der Waals surface area contributed by atoms with Gasteiger partial charge >= 0.3 is 0 Å². The highest BCUT2D eigenvalue weighted by Gasteiger charge is 2.34. The molecule has 1 aliphatic rings. The number of fused-ring (bicyclic) bond motifs is 1. The van der Waals surface area contributed by atoms with Crippen LogP contribution in [0.1, 0.15) is 42.2 Å². The molecule has 0 bridgehead atoms. The maximum Gasteiger partial charge on any atom is 0.200 e. The summed E-state index contributed by atoms with van der Waals surface area (Å²) in [6, 6.07) is 15.9. The molecule has 0 radical (unpaired) electrons. The van der Waals surface area contributed by atoms with Crippen molar-refractivity contribution in [3.8, 4) is 6.07 Å². The maximum absolute atomic E-state index is 13.3. The lowest BCUT2D eigenvalue weighted by Crippen LogP contribution is -2.16. The fraction of sp³-hybridized carbons (Fsp3) is 0.318. The zero-order valence-electron chi connectivity index (χ0n) is 16.1. The fourth-order valence-corrected chi connectivity index (χ4v) is 6.34. The van der Waals surface area contributed by atoms with E-state index in [0.29, 0.717) is 21.3 Å². The average Bonchev–Trinajstić information content (AvgIpc) is 3.22. The Morgan fingerprint density at radius 2 is 1.66 bits per heavy atom. The quantitative estimate of drug-likeness (QED) is 0.573. The summed E-state index contributed by atoms with van der Waals surface area (Å²) in [5.74, 6) is 0. The van der Waals surface area contributed by atoms with Gasteiger partial charge in [-0.1, -0.05) is 42.7 Å². The summed E-state index contributed by atoms with van der Waals surface area (Å²) in [7, 11) is -3.92. The number of nitriles is 1. The molecular weight excluding hydrogens is 402 g/mol. The molecule has 1 aromatic heterocycles. The summed E-state index contributed by atoms with van der Waals surface area (Å²) in [5, 5.41) is 9.42. The Labute approximate surface area is 175 Å². The van der Waals surface area contributed by atoms with Crippen molar-refractivity contribution >= 4 is 32.6 Å². The minimum atomic E-state index is -3.92. The van der Waals surface area contributed by atoms with E-state index in [1.807, 2.05) is 31.2 Å². The van der Waals surface area contributed by atoms with Gasteiger partial charge in [-0.15, -0.1) is 11.8 Å². The van der Waals surface area contributed by atoms with Gasteiger partial charge in [0, 0.05) is 5.25 Å². The van der Waals surface area contributed by atoms with Crippen molar-refractivity contribution in [3.63, 3.8) is 0 Å². The Morgan fingerprint density at radius 3 is 2.28 bits per heavy atom. The van der Waals surface area contributed by atoms with Crippen molar-refractivity contribution in [2.24, 2.45) is 0 Å². The summed E-state index contributed by atoms with van der Waals surface area (Å²) in [4.78, 5) is 9.45. The van der Waals surface area contributed by atoms with Gasteiger partial charge in [-0.25, -0.2) is 18.4 Å². The van der Waals surface area contributed by atoms with Crippen LogP contribution in [0.3, 0.4) is 0 Å². The predicted octanol–water partition coefficient (Wildman–Crippen LogP) is 5.01. The molecule has 1 saturated carbocycles. The fourth-order valence-electron chi connectivity index (χ4n) is 3.56. The summed E-state index contributed by atoms with van der Waals surface area (Å²) in [5.41, 5.74) is 2.50. The number of aryl methyl sites for hydroxylation is 1. The van der Waals surface area contributed by atoms with Crippen molar-refractivity contribution in [1.82, 2.24) is 9.97 Å². The first-order chi connectivity index (χ1) is 14.0. The largest absolute Gasteiger partial charge is 0.246 e. The van der Waals surface area contributed by atoms with Crippen LogP contribution in [0.15, 0.2) is 58.5 Å². The lowest BCUT2D eigenvalue weighted by atomic mass is 10.2. The minimum Gasteiger partial charge on any atom is -0.246 e. The standard InChI is InChI=1S/C22H21N3O2S2/c1-15-10-12-17(13-11-15)29(26,27)20(14-23)21-22(28-16-6-2-3-7-16)25-19-9-5-4-8-18(19)24-21/h4-5,8-13,16,20H,2-3,6-7H2,1H3/t20-/m1/s1. The number of para-hydroxylation sites is 2. The molecule has 3 aromatic rings. The van der Waals surface area contributed by atoms with Crippen molar-refractivity contribution in [2.45, 2.75) is 53.0 Å². The normalized spacial score (nSPS) is 16.0. The summed E-state index contributed by atoms with van der Waals surface area (Å²) >= 11 is 1.56. The van der Waals surface area contributed by atoms with Gasteiger partial charge in [-0.2, -0.15) is 5.26 Å². The molecule has 4 rings (SSSR count). The topological polar surface area (TPSA) is 83.7 Å². The van der Waals surface area contributed by atoms with Crippen LogP contribution in [-0.2, 0) is 9.84 Å². The molecule has 1 fully saturated rings. The highest BCUT2D eigenvalue weighted by molar-refractivity contribution is 8.00. The van der Waals surface area contributed by atoms with E-state index in [1.165, 1.54) is 0 Å². The van der Waals surface area contributed by atoms with E-state index in [9.17, 15) is 13.7 Å². The minimum absolute atomic E-state index is 0.126. The van der Waals surface area contributed by atoms with E-state index in [0.717, 1.165) is 31.2 Å². The predicted molar refractivity (Wildman–Crippen MR) is 114 cm³/mol. The first-order valence-corrected chi connectivity index (χ1v) is 12.0. The van der Waals surface area contributed by atoms with Crippen LogP contribution in [0.2, 0.25) is 0 Å². The Bertz CT molecular complexity index is 1180. The number of hydrogen-bond acceptors (Lipinski definition) is 6. The van der Waals surface area contributed by atoms with Crippen LogP contribution in [0.4, 0.5) is 0 Å². The van der Waals surface area contributed by atoms with Crippen LogP contribution in [-0.4, -0.2) is 23.6 Å². The second-order valence-electron chi connectivity index (χ2n) is 7.29. The molecule has 0 aliphatic heterocycles. The van der Waals surface area contributed by atoms with Gasteiger partial charge < -0.3 is 0 Å². The van der Waals surface area contributed by atoms with Crippen molar-refractivity contribution in [1.29, 1.82) is 5.26 Å². The summed E-state index contributed by atoms with van der Waals surface area (Å²) < 4.78 is 26.6. The van der Waals surface area contributed by atoms with Gasteiger partial charge in [-0.05, 0) is 44.0 Å². The number of hydrogen-bond donors (Lipinski definition) is 0. The number of thioether (sulfide) groups is 1. The van der Waals surface area contributed by atoms with E-state index in [4.69, 9.17) is 4.98 Å². The number of sulfone groups is 1. The Morgan fingerprint density at radius 1 is 1.03 bits per heavy atom. The molecule has 2 aromatic carbocycles. The van der Waals surface area contributed by atoms with Crippen LogP contribution in [0.5, 0.6) is 0 Å². The first-order valence-electron chi connectivity index (χ1n) is 9.62. The molecule has 1 heterocycles. The Kier molecular flexibility index (Phi) is 5.57. The molecule has 1 atom stereocenters. The summed E-state index contributed by atoms with van der Waals surface area (Å²) in [6.45, 7) is 1.89. The Hall–Kier alpha value is -2.43. The molecule has 29 heavy (non-hydrogen) atoms. The molecule has 148 valence electrons. The second-order valence-corrected chi connectivity index (χ2v) is 10.6. The number of benzene rings is 2. The van der Waals surface area contributed by atoms with Crippen molar-refractivity contribution in [2.75, 3.05) is 0 Å². The van der Waals surface area contributed by atoms with Gasteiger partial charge in [0.1, 0.15) is 10.7 Å². The second kappa shape index (κ2) is 8.13. The molecule has 0 unspecified atom stereocenters. The molecule has 0 amide bonds. The molecule has 1 aliphatic carbocycles. The number of aromatic nitrogens is 2. The monoisotopic (exact) mass is 423 g/mol.